The van der Waals surface area contributed by atoms with Gasteiger partial charge in [0.1, 0.15) is 6.29 Å². The van der Waals surface area contributed by atoms with Gasteiger partial charge in [-0.2, -0.15) is 0 Å². The maximum absolute atomic E-state index is 11.2. The molecule has 3 aliphatic rings. The number of nitrogens with zero attached hydrogens (tertiary/aromatic N) is 1. The standard InChI is InChI=1S/C14H26N2O.C7H12O/c1-11(2)16-9-7-14(8-10-16)5-3-12(4-6-14)13(15)17;8-6-7-4-2-1-3-5-7/h11-12H,3-10H2,1-2H3,(H2,15,17);6-7H,1-5H2. The van der Waals surface area contributed by atoms with Crippen LogP contribution in [-0.4, -0.2) is 36.2 Å². The summed E-state index contributed by atoms with van der Waals surface area (Å²) in [6.07, 6.45) is 14.4. The Labute approximate surface area is 153 Å². The number of likely N-dealkylation sites (tertiary alicyclic amines) is 1. The number of amides is 1. The number of rotatable bonds is 3. The van der Waals surface area contributed by atoms with Crippen molar-refractivity contribution in [1.29, 1.82) is 0 Å². The lowest BCUT2D eigenvalue weighted by Crippen LogP contribution is -2.45. The molecule has 0 radical (unpaired) electrons. The number of carbonyl (C=O) groups is 2. The van der Waals surface area contributed by atoms with E-state index in [1.165, 1.54) is 58.0 Å². The Morgan fingerprint density at radius 2 is 1.56 bits per heavy atom. The van der Waals surface area contributed by atoms with Gasteiger partial charge in [-0.1, -0.05) is 19.3 Å². The molecule has 1 amide bonds. The van der Waals surface area contributed by atoms with Crippen molar-refractivity contribution in [2.45, 2.75) is 90.5 Å². The van der Waals surface area contributed by atoms with Crippen LogP contribution in [0.4, 0.5) is 0 Å². The Bertz CT molecular complexity index is 412. The van der Waals surface area contributed by atoms with E-state index in [-0.39, 0.29) is 11.8 Å². The molecular formula is C21H38N2O2. The maximum atomic E-state index is 11.2. The van der Waals surface area contributed by atoms with Gasteiger partial charge in [-0.3, -0.25) is 4.79 Å². The fourth-order valence-electron chi connectivity index (χ4n) is 4.80. The molecule has 0 atom stereocenters. The highest BCUT2D eigenvalue weighted by molar-refractivity contribution is 5.76. The molecule has 3 rings (SSSR count). The molecule has 2 N–H and O–H groups in total. The molecule has 1 spiro atoms. The minimum absolute atomic E-state index is 0.0838. The van der Waals surface area contributed by atoms with Crippen molar-refractivity contribution in [2.24, 2.45) is 23.0 Å². The lowest BCUT2D eigenvalue weighted by atomic mass is 9.65. The van der Waals surface area contributed by atoms with Crippen LogP contribution in [0.25, 0.3) is 0 Å². The summed E-state index contributed by atoms with van der Waals surface area (Å²) in [6, 6.07) is 0.675. The molecule has 144 valence electrons. The van der Waals surface area contributed by atoms with Crippen LogP contribution in [0.2, 0.25) is 0 Å². The van der Waals surface area contributed by atoms with Gasteiger partial charge in [0.05, 0.1) is 0 Å². The fraction of sp³-hybridized carbons (Fsp3) is 0.905. The number of hydrogen-bond donors (Lipinski definition) is 1. The van der Waals surface area contributed by atoms with Crippen molar-refractivity contribution < 1.29 is 9.59 Å². The van der Waals surface area contributed by atoms with E-state index >= 15 is 0 Å². The Balaban J connectivity index is 0.000000236. The van der Waals surface area contributed by atoms with Gasteiger partial charge in [0.25, 0.3) is 0 Å². The summed E-state index contributed by atoms with van der Waals surface area (Å²) in [4.78, 5) is 23.9. The van der Waals surface area contributed by atoms with Gasteiger partial charge in [0.15, 0.2) is 0 Å². The van der Waals surface area contributed by atoms with Crippen molar-refractivity contribution in [3.8, 4) is 0 Å². The fourth-order valence-corrected chi connectivity index (χ4v) is 4.80. The summed E-state index contributed by atoms with van der Waals surface area (Å²) in [5.41, 5.74) is 5.94. The average molecular weight is 351 g/mol. The van der Waals surface area contributed by atoms with Crippen LogP contribution in [0, 0.1) is 17.3 Å². The van der Waals surface area contributed by atoms with Gasteiger partial charge in [-0.05, 0) is 83.7 Å². The highest BCUT2D eigenvalue weighted by Crippen LogP contribution is 2.46. The molecule has 0 aromatic rings. The minimum Gasteiger partial charge on any atom is -0.369 e. The monoisotopic (exact) mass is 350 g/mol. The number of aldehydes is 1. The Hall–Kier alpha value is -0.900. The normalized spacial score (nSPS) is 25.4. The Kier molecular flexibility index (Phi) is 7.92. The average Bonchev–Trinajstić information content (AvgIpc) is 2.64. The molecule has 0 aromatic carbocycles. The molecule has 3 fully saturated rings. The molecule has 4 heteroatoms. The highest BCUT2D eigenvalue weighted by atomic mass is 16.1. The minimum atomic E-state index is -0.0838. The van der Waals surface area contributed by atoms with Crippen LogP contribution in [0.3, 0.4) is 0 Å². The van der Waals surface area contributed by atoms with Crippen LogP contribution in [-0.2, 0) is 9.59 Å². The summed E-state index contributed by atoms with van der Waals surface area (Å²) in [5.74, 6) is 0.479. The lowest BCUT2D eigenvalue weighted by Gasteiger charge is -2.46. The number of nitrogens with two attached hydrogens (primary N) is 1. The SMILES string of the molecule is CC(C)N1CCC2(CCC(C(N)=O)CC2)CC1.O=CC1CCCCC1. The van der Waals surface area contributed by atoms with E-state index in [1.807, 2.05) is 0 Å². The first-order valence-corrected chi connectivity index (χ1v) is 10.4. The van der Waals surface area contributed by atoms with Gasteiger partial charge in [-0.25, -0.2) is 0 Å². The number of primary amides is 1. The highest BCUT2D eigenvalue weighted by Gasteiger charge is 2.39. The molecule has 0 bridgehead atoms. The molecule has 2 aliphatic carbocycles. The van der Waals surface area contributed by atoms with Crippen molar-refractivity contribution in [2.75, 3.05) is 13.1 Å². The predicted octanol–water partition coefficient (Wildman–Crippen LogP) is 3.92. The lowest BCUT2D eigenvalue weighted by molar-refractivity contribution is -0.123. The van der Waals surface area contributed by atoms with Gasteiger partial charge < -0.3 is 15.4 Å². The molecule has 2 saturated carbocycles. The molecular weight excluding hydrogens is 312 g/mol. The molecule has 0 aromatic heterocycles. The van der Waals surface area contributed by atoms with Gasteiger partial charge >= 0.3 is 0 Å². The third-order valence-corrected chi connectivity index (χ3v) is 6.88. The van der Waals surface area contributed by atoms with E-state index in [0.717, 1.165) is 32.0 Å². The third kappa shape index (κ3) is 6.09. The maximum Gasteiger partial charge on any atom is 0.220 e. The summed E-state index contributed by atoms with van der Waals surface area (Å²) in [5, 5.41) is 0. The zero-order chi connectivity index (χ0) is 18.3. The smallest absolute Gasteiger partial charge is 0.220 e. The summed E-state index contributed by atoms with van der Waals surface area (Å²) in [6.45, 7) is 7.03. The second kappa shape index (κ2) is 9.70. The van der Waals surface area contributed by atoms with Crippen molar-refractivity contribution >= 4 is 12.2 Å². The predicted molar refractivity (Wildman–Crippen MR) is 102 cm³/mol. The quantitative estimate of drug-likeness (QED) is 0.785. The zero-order valence-electron chi connectivity index (χ0n) is 16.3. The van der Waals surface area contributed by atoms with Crippen molar-refractivity contribution in [3.63, 3.8) is 0 Å². The number of piperidine rings is 1. The number of carbonyl (C=O) groups excluding carboxylic acids is 2. The molecule has 25 heavy (non-hydrogen) atoms. The molecule has 0 unspecified atom stereocenters. The first-order chi connectivity index (χ1) is 12.0. The molecule has 1 saturated heterocycles. The number of hydrogen-bond acceptors (Lipinski definition) is 3. The topological polar surface area (TPSA) is 63.4 Å². The third-order valence-electron chi connectivity index (χ3n) is 6.88. The molecule has 1 aliphatic heterocycles. The summed E-state index contributed by atoms with van der Waals surface area (Å²) >= 11 is 0. The van der Waals surface area contributed by atoms with Crippen LogP contribution in [0.1, 0.15) is 84.5 Å². The van der Waals surface area contributed by atoms with Crippen LogP contribution >= 0.6 is 0 Å². The van der Waals surface area contributed by atoms with Gasteiger partial charge in [-0.15, -0.1) is 0 Å². The Morgan fingerprint density at radius 3 is 1.96 bits per heavy atom. The van der Waals surface area contributed by atoms with E-state index in [1.54, 1.807) is 0 Å². The van der Waals surface area contributed by atoms with Crippen molar-refractivity contribution in [3.05, 3.63) is 0 Å². The first kappa shape index (κ1) is 20.4. The van der Waals surface area contributed by atoms with E-state index in [2.05, 4.69) is 18.7 Å². The van der Waals surface area contributed by atoms with E-state index < -0.39 is 0 Å². The van der Waals surface area contributed by atoms with Crippen LogP contribution in [0.5, 0.6) is 0 Å². The van der Waals surface area contributed by atoms with Crippen LogP contribution < -0.4 is 5.73 Å². The van der Waals surface area contributed by atoms with E-state index in [9.17, 15) is 9.59 Å². The zero-order valence-corrected chi connectivity index (χ0v) is 16.3. The van der Waals surface area contributed by atoms with Crippen molar-refractivity contribution in [1.82, 2.24) is 4.90 Å². The van der Waals surface area contributed by atoms with E-state index in [4.69, 9.17) is 5.73 Å². The molecule has 1 heterocycles. The second-order valence-electron chi connectivity index (χ2n) is 8.84. The molecule has 4 nitrogen and oxygen atoms in total. The van der Waals surface area contributed by atoms with Gasteiger partial charge in [0.2, 0.25) is 5.91 Å². The largest absolute Gasteiger partial charge is 0.369 e. The van der Waals surface area contributed by atoms with Gasteiger partial charge in [0, 0.05) is 17.9 Å². The summed E-state index contributed by atoms with van der Waals surface area (Å²) in [7, 11) is 0. The Morgan fingerprint density at radius 1 is 1.00 bits per heavy atom. The second-order valence-corrected chi connectivity index (χ2v) is 8.84. The van der Waals surface area contributed by atoms with Crippen LogP contribution in [0.15, 0.2) is 0 Å². The first-order valence-electron chi connectivity index (χ1n) is 10.4. The summed E-state index contributed by atoms with van der Waals surface area (Å²) < 4.78 is 0. The van der Waals surface area contributed by atoms with E-state index in [0.29, 0.717) is 17.4 Å².